The second kappa shape index (κ2) is 8.80. The number of fused-ring (bicyclic) bond motifs is 2. The van der Waals surface area contributed by atoms with Gasteiger partial charge in [-0.25, -0.2) is 4.98 Å². The first-order valence-electron chi connectivity index (χ1n) is 10.2. The van der Waals surface area contributed by atoms with Crippen LogP contribution in [0.25, 0.3) is 20.8 Å². The summed E-state index contributed by atoms with van der Waals surface area (Å²) in [5.41, 5.74) is 3.58. The van der Waals surface area contributed by atoms with Crippen LogP contribution >= 0.6 is 22.7 Å². The fourth-order valence-electron chi connectivity index (χ4n) is 3.77. The number of pyridine rings is 1. The Kier molecular flexibility index (Phi) is 6.19. The molecule has 4 nitrogen and oxygen atoms in total. The lowest BCUT2D eigenvalue weighted by Gasteiger charge is -2.13. The Balaban J connectivity index is 1.60. The molecule has 0 unspecified atom stereocenters. The molecule has 0 aliphatic carbocycles. The first kappa shape index (κ1) is 19.7. The van der Waals surface area contributed by atoms with Crippen molar-refractivity contribution in [1.29, 1.82) is 0 Å². The fraction of sp³-hybridized carbons (Fsp3) is 0.500. The minimum absolute atomic E-state index is 0.360. The average molecular weight is 414 g/mol. The summed E-state index contributed by atoms with van der Waals surface area (Å²) in [5.74, 6) is 1.07. The van der Waals surface area contributed by atoms with Crippen molar-refractivity contribution in [3.05, 3.63) is 33.8 Å². The van der Waals surface area contributed by atoms with E-state index in [4.69, 9.17) is 4.98 Å². The number of thiophene rings is 1. The lowest BCUT2D eigenvalue weighted by atomic mass is 9.98. The summed E-state index contributed by atoms with van der Waals surface area (Å²) >= 11 is 3.52. The molecule has 0 bridgehead atoms. The van der Waals surface area contributed by atoms with Crippen LogP contribution in [0.1, 0.15) is 54.8 Å². The monoisotopic (exact) mass is 413 g/mol. The summed E-state index contributed by atoms with van der Waals surface area (Å²) < 4.78 is 1.16. The number of ketones is 1. The smallest absolute Gasteiger partial charge is 0.138 e. The van der Waals surface area contributed by atoms with Gasteiger partial charge in [-0.2, -0.15) is 0 Å². The quantitative estimate of drug-likeness (QED) is 0.538. The zero-order chi connectivity index (χ0) is 19.5. The molecular weight excluding hydrogens is 386 g/mol. The molecule has 3 aromatic rings. The summed E-state index contributed by atoms with van der Waals surface area (Å²) in [6.07, 6.45) is 9.23. The molecule has 0 radical (unpaired) electrons. The van der Waals surface area contributed by atoms with Crippen molar-refractivity contribution in [2.24, 2.45) is 5.92 Å². The number of thiazole rings is 1. The van der Waals surface area contributed by atoms with Crippen LogP contribution in [-0.4, -0.2) is 22.3 Å². The number of Topliss-reactive ketones (excluding diaryl/α,β-unsaturated/α-hetero) is 1. The third kappa shape index (κ3) is 4.19. The summed E-state index contributed by atoms with van der Waals surface area (Å²) in [5, 5.41) is 4.51. The van der Waals surface area contributed by atoms with Crippen molar-refractivity contribution in [2.75, 3.05) is 6.54 Å². The summed E-state index contributed by atoms with van der Waals surface area (Å²) in [4.78, 5) is 24.4. The number of hydrogen-bond donors (Lipinski definition) is 1. The lowest BCUT2D eigenvalue weighted by Crippen LogP contribution is -2.22. The van der Waals surface area contributed by atoms with Gasteiger partial charge in [0.2, 0.25) is 0 Å². The molecule has 1 aliphatic heterocycles. The molecule has 0 aromatic carbocycles. The Morgan fingerprint density at radius 1 is 1.36 bits per heavy atom. The molecule has 4 heterocycles. The van der Waals surface area contributed by atoms with E-state index < -0.39 is 0 Å². The van der Waals surface area contributed by atoms with Gasteiger partial charge in [-0.15, -0.1) is 22.7 Å². The van der Waals surface area contributed by atoms with Gasteiger partial charge in [0.15, 0.2) is 0 Å². The third-order valence-electron chi connectivity index (χ3n) is 5.61. The van der Waals surface area contributed by atoms with Gasteiger partial charge < -0.3 is 5.32 Å². The molecule has 0 fully saturated rings. The normalized spacial score (nSPS) is 14.9. The van der Waals surface area contributed by atoms with Gasteiger partial charge in [0.05, 0.1) is 10.9 Å². The lowest BCUT2D eigenvalue weighted by molar-refractivity contribution is -0.118. The molecule has 28 heavy (non-hydrogen) atoms. The number of hydrogen-bond acceptors (Lipinski definition) is 6. The van der Waals surface area contributed by atoms with Crippen LogP contribution < -0.4 is 5.32 Å². The molecule has 4 rings (SSSR count). The maximum atomic E-state index is 12.7. The number of nitrogens with one attached hydrogen (secondary N) is 1. The topological polar surface area (TPSA) is 54.9 Å². The Morgan fingerprint density at radius 3 is 3.07 bits per heavy atom. The zero-order valence-electron chi connectivity index (χ0n) is 16.6. The van der Waals surface area contributed by atoms with Crippen LogP contribution in [0.5, 0.6) is 0 Å². The highest BCUT2D eigenvalue weighted by molar-refractivity contribution is 7.22. The number of carbonyl (C=O) groups is 1. The van der Waals surface area contributed by atoms with E-state index in [0.29, 0.717) is 24.5 Å². The second-order valence-electron chi connectivity index (χ2n) is 7.71. The summed E-state index contributed by atoms with van der Waals surface area (Å²) in [7, 11) is 0. The van der Waals surface area contributed by atoms with Crippen LogP contribution in [0.15, 0.2) is 18.5 Å². The molecule has 3 aromatic heterocycles. The maximum Gasteiger partial charge on any atom is 0.138 e. The summed E-state index contributed by atoms with van der Waals surface area (Å²) in [6.45, 7) is 6.38. The largest absolute Gasteiger partial charge is 0.312 e. The van der Waals surface area contributed by atoms with Gasteiger partial charge in [-0.1, -0.05) is 26.7 Å². The predicted octanol–water partition coefficient (Wildman–Crippen LogP) is 5.39. The minimum Gasteiger partial charge on any atom is -0.312 e. The Bertz CT molecular complexity index is 942. The number of carbonyl (C=O) groups excluding carboxylic acids is 1. The second-order valence-corrected chi connectivity index (χ2v) is 9.93. The van der Waals surface area contributed by atoms with E-state index in [0.717, 1.165) is 47.6 Å². The number of rotatable bonds is 8. The van der Waals surface area contributed by atoms with Crippen LogP contribution in [0, 0.1) is 5.92 Å². The number of aromatic nitrogens is 2. The van der Waals surface area contributed by atoms with Gasteiger partial charge >= 0.3 is 0 Å². The Labute approximate surface area is 174 Å². The average Bonchev–Trinajstić information content (AvgIpc) is 3.27. The predicted molar refractivity (Wildman–Crippen MR) is 118 cm³/mol. The van der Waals surface area contributed by atoms with Gasteiger partial charge in [-0.3, -0.25) is 9.78 Å². The zero-order valence-corrected chi connectivity index (χ0v) is 18.2. The standard InChI is InChI=1S/C22H27N3OS2/c1-3-14(2)5-4-6-15(26)11-19-21(16-7-9-24-13-20(16)27-19)22-25-17-12-23-10-8-18(17)28-22/h8,10,12,14,24H,3-7,9,11,13H2,1-2H3/t14-/m0/s1. The van der Waals surface area contributed by atoms with Gasteiger partial charge in [0, 0.05) is 40.9 Å². The Hall–Kier alpha value is -1.63. The Morgan fingerprint density at radius 2 is 2.25 bits per heavy atom. The van der Waals surface area contributed by atoms with Crippen LogP contribution in [0.2, 0.25) is 0 Å². The molecule has 148 valence electrons. The van der Waals surface area contributed by atoms with Crippen molar-refractivity contribution in [1.82, 2.24) is 15.3 Å². The molecule has 0 saturated carbocycles. The molecule has 1 atom stereocenters. The molecule has 1 aliphatic rings. The highest BCUT2D eigenvalue weighted by Gasteiger charge is 2.25. The highest BCUT2D eigenvalue weighted by atomic mass is 32.1. The van der Waals surface area contributed by atoms with E-state index in [1.165, 1.54) is 27.3 Å². The number of nitrogens with zero attached hydrogens (tertiary/aromatic N) is 2. The first-order chi connectivity index (χ1) is 13.7. The third-order valence-corrected chi connectivity index (χ3v) is 7.90. The van der Waals surface area contributed by atoms with Crippen molar-refractivity contribution in [3.63, 3.8) is 0 Å². The van der Waals surface area contributed by atoms with Crippen molar-refractivity contribution in [2.45, 2.75) is 58.9 Å². The molecule has 0 spiro atoms. The van der Waals surface area contributed by atoms with E-state index in [2.05, 4.69) is 24.1 Å². The first-order valence-corrected chi connectivity index (χ1v) is 11.9. The van der Waals surface area contributed by atoms with Crippen molar-refractivity contribution >= 4 is 38.7 Å². The fourth-order valence-corrected chi connectivity index (χ4v) is 6.22. The van der Waals surface area contributed by atoms with E-state index in [1.807, 2.05) is 18.5 Å². The highest BCUT2D eigenvalue weighted by Crippen LogP contribution is 2.41. The van der Waals surface area contributed by atoms with Crippen LogP contribution in [-0.2, 0) is 24.2 Å². The molecule has 0 saturated heterocycles. The molecule has 0 amide bonds. The van der Waals surface area contributed by atoms with E-state index >= 15 is 0 Å². The van der Waals surface area contributed by atoms with Crippen LogP contribution in [0.4, 0.5) is 0 Å². The maximum absolute atomic E-state index is 12.7. The molecule has 6 heteroatoms. The van der Waals surface area contributed by atoms with Gasteiger partial charge in [0.25, 0.3) is 0 Å². The summed E-state index contributed by atoms with van der Waals surface area (Å²) in [6, 6.07) is 2.02. The van der Waals surface area contributed by atoms with Gasteiger partial charge in [0.1, 0.15) is 16.3 Å². The van der Waals surface area contributed by atoms with E-state index in [1.54, 1.807) is 22.7 Å². The molecule has 1 N–H and O–H groups in total. The van der Waals surface area contributed by atoms with Crippen molar-refractivity contribution in [3.8, 4) is 10.6 Å². The minimum atomic E-state index is 0.360. The van der Waals surface area contributed by atoms with E-state index in [9.17, 15) is 4.79 Å². The molecular formula is C22H27N3OS2. The van der Waals surface area contributed by atoms with Gasteiger partial charge in [-0.05, 0) is 36.9 Å². The van der Waals surface area contributed by atoms with Crippen molar-refractivity contribution < 1.29 is 4.79 Å². The van der Waals surface area contributed by atoms with E-state index in [-0.39, 0.29) is 0 Å². The SMILES string of the molecule is CC[C@H](C)CCCC(=O)Cc1sc2c(c1-c1nc3cnccc3s1)CCNC2. The van der Waals surface area contributed by atoms with Crippen LogP contribution in [0.3, 0.4) is 0 Å².